The van der Waals surface area contributed by atoms with Crippen LogP contribution in [0.25, 0.3) is 76.5 Å². The number of benzene rings is 10. The molecule has 0 fully saturated rings. The van der Waals surface area contributed by atoms with Gasteiger partial charge in [-0.2, -0.15) is 0 Å². The highest BCUT2D eigenvalue weighted by Gasteiger charge is 2.25. The van der Waals surface area contributed by atoms with Gasteiger partial charge in [0.05, 0.1) is 17.1 Å². The topological polar surface area (TPSA) is 32.8 Å². The summed E-state index contributed by atoms with van der Waals surface area (Å²) < 4.78 is 13.7. The fourth-order valence-corrected chi connectivity index (χ4v) is 10.3. The third-order valence-corrected chi connectivity index (χ3v) is 13.4. The van der Waals surface area contributed by atoms with Crippen molar-refractivity contribution in [3.8, 4) is 11.1 Å². The lowest BCUT2D eigenvalue weighted by atomic mass is 9.86. The second kappa shape index (κ2) is 14.8. The average molecular weight is 825 g/mol. The third-order valence-electron chi connectivity index (χ3n) is 13.4. The van der Waals surface area contributed by atoms with Gasteiger partial charge in [0.25, 0.3) is 0 Å². The highest BCUT2D eigenvalue weighted by molar-refractivity contribution is 6.30. The van der Waals surface area contributed by atoms with Gasteiger partial charge in [0, 0.05) is 50.1 Å². The molecular weight excluding hydrogens is 781 g/mol. The van der Waals surface area contributed by atoms with Crippen molar-refractivity contribution in [2.24, 2.45) is 0 Å². The number of rotatable bonds is 7. The molecule has 64 heavy (non-hydrogen) atoms. The van der Waals surface area contributed by atoms with Gasteiger partial charge in [0.1, 0.15) is 16.7 Å². The number of anilines is 6. The molecule has 12 aromatic rings. The van der Waals surface area contributed by atoms with Crippen LogP contribution in [0.15, 0.2) is 203 Å². The molecule has 306 valence electrons. The van der Waals surface area contributed by atoms with Crippen molar-refractivity contribution in [1.29, 1.82) is 0 Å². The molecule has 0 atom stereocenters. The van der Waals surface area contributed by atoms with E-state index < -0.39 is 0 Å². The van der Waals surface area contributed by atoms with Gasteiger partial charge in [-0.05, 0) is 150 Å². The molecule has 12 rings (SSSR count). The number of fused-ring (bicyclic) bond motifs is 11. The number of hydrogen-bond acceptors (Lipinski definition) is 4. The predicted octanol–water partition coefficient (Wildman–Crippen LogP) is 17.6. The van der Waals surface area contributed by atoms with Gasteiger partial charge in [-0.25, -0.2) is 0 Å². The van der Waals surface area contributed by atoms with Gasteiger partial charge >= 0.3 is 0 Å². The Morgan fingerprint density at radius 1 is 0.328 bits per heavy atom. The SMILES string of the molecule is Cc1c(C)c(N(c2ccccc2)c2ccccc2)c(C)c(C)c1-c1ccc2c(c1)c1ccccc1c1c3ccc(N(c4ccccc4)c4cccc5c4oc4ccccc45)cc3oc21. The Morgan fingerprint density at radius 3 is 1.53 bits per heavy atom. The van der Waals surface area contributed by atoms with Crippen LogP contribution in [0.5, 0.6) is 0 Å². The monoisotopic (exact) mass is 824 g/mol. The van der Waals surface area contributed by atoms with E-state index in [0.717, 1.165) is 77.7 Å². The van der Waals surface area contributed by atoms with Gasteiger partial charge in [0.15, 0.2) is 5.58 Å². The molecule has 2 aromatic heterocycles. The Balaban J connectivity index is 1.03. The fourth-order valence-electron chi connectivity index (χ4n) is 10.3. The normalized spacial score (nSPS) is 11.8. The van der Waals surface area contributed by atoms with Gasteiger partial charge < -0.3 is 18.6 Å². The summed E-state index contributed by atoms with van der Waals surface area (Å²) in [7, 11) is 0. The molecular formula is C60H44N2O2. The number of furan rings is 2. The van der Waals surface area contributed by atoms with Crippen molar-refractivity contribution in [2.75, 3.05) is 9.80 Å². The van der Waals surface area contributed by atoms with Crippen molar-refractivity contribution in [3.63, 3.8) is 0 Å². The van der Waals surface area contributed by atoms with Crippen LogP contribution in [0.1, 0.15) is 22.3 Å². The highest BCUT2D eigenvalue weighted by Crippen LogP contribution is 2.48. The van der Waals surface area contributed by atoms with Gasteiger partial charge in [-0.15, -0.1) is 0 Å². The summed E-state index contributed by atoms with van der Waals surface area (Å²) >= 11 is 0. The summed E-state index contributed by atoms with van der Waals surface area (Å²) in [6.07, 6.45) is 0. The van der Waals surface area contributed by atoms with Crippen LogP contribution in [-0.2, 0) is 0 Å². The van der Waals surface area contributed by atoms with Crippen LogP contribution in [-0.4, -0.2) is 0 Å². The Labute approximate surface area is 371 Å². The maximum Gasteiger partial charge on any atom is 0.159 e. The minimum atomic E-state index is 0.835. The largest absolute Gasteiger partial charge is 0.455 e. The summed E-state index contributed by atoms with van der Waals surface area (Å²) in [6.45, 7) is 9.12. The molecule has 4 nitrogen and oxygen atoms in total. The predicted molar refractivity (Wildman–Crippen MR) is 270 cm³/mol. The van der Waals surface area contributed by atoms with E-state index in [4.69, 9.17) is 8.83 Å². The molecule has 0 amide bonds. The lowest BCUT2D eigenvalue weighted by Gasteiger charge is -2.31. The number of hydrogen-bond donors (Lipinski definition) is 0. The molecule has 0 saturated heterocycles. The molecule has 0 saturated carbocycles. The summed E-state index contributed by atoms with van der Waals surface area (Å²) in [4.78, 5) is 4.68. The summed E-state index contributed by atoms with van der Waals surface area (Å²) in [5.41, 5.74) is 17.5. The fraction of sp³-hybridized carbons (Fsp3) is 0.0667. The molecule has 0 aliphatic rings. The van der Waals surface area contributed by atoms with Gasteiger partial charge in [-0.3, -0.25) is 0 Å². The lowest BCUT2D eigenvalue weighted by molar-refractivity contribution is 0.668. The maximum atomic E-state index is 7.07. The Morgan fingerprint density at radius 2 is 0.859 bits per heavy atom. The molecule has 0 spiro atoms. The molecule has 0 aliphatic carbocycles. The molecule has 0 bridgehead atoms. The van der Waals surface area contributed by atoms with Crippen molar-refractivity contribution >= 4 is 99.5 Å². The van der Waals surface area contributed by atoms with E-state index in [-0.39, 0.29) is 0 Å². The minimum absolute atomic E-state index is 0.835. The van der Waals surface area contributed by atoms with Crippen LogP contribution in [0, 0.1) is 27.7 Å². The molecule has 0 unspecified atom stereocenters. The van der Waals surface area contributed by atoms with E-state index in [2.05, 4.69) is 219 Å². The molecule has 0 aliphatic heterocycles. The Bertz CT molecular complexity index is 3700. The van der Waals surface area contributed by atoms with Crippen LogP contribution in [0.2, 0.25) is 0 Å². The second-order valence-corrected chi connectivity index (χ2v) is 16.9. The van der Waals surface area contributed by atoms with Crippen molar-refractivity contribution in [1.82, 2.24) is 0 Å². The smallest absolute Gasteiger partial charge is 0.159 e. The molecule has 4 heteroatoms. The second-order valence-electron chi connectivity index (χ2n) is 16.9. The molecule has 0 N–H and O–H groups in total. The Hall–Kier alpha value is -8.08. The highest BCUT2D eigenvalue weighted by atomic mass is 16.3. The van der Waals surface area contributed by atoms with Gasteiger partial charge in [0.2, 0.25) is 0 Å². The molecule has 2 heterocycles. The quantitative estimate of drug-likeness (QED) is 0.150. The van der Waals surface area contributed by atoms with Crippen molar-refractivity contribution in [3.05, 3.63) is 216 Å². The van der Waals surface area contributed by atoms with Crippen LogP contribution < -0.4 is 9.80 Å². The first-order valence-corrected chi connectivity index (χ1v) is 22.0. The summed E-state index contributed by atoms with van der Waals surface area (Å²) in [6, 6.07) is 68.9. The lowest BCUT2D eigenvalue weighted by Crippen LogP contribution is -2.15. The molecule has 0 radical (unpaired) electrons. The first-order chi connectivity index (χ1) is 31.4. The van der Waals surface area contributed by atoms with E-state index in [1.165, 1.54) is 55.2 Å². The number of nitrogens with zero attached hydrogens (tertiary/aromatic N) is 2. The number of para-hydroxylation sites is 5. The maximum absolute atomic E-state index is 7.07. The van der Waals surface area contributed by atoms with Gasteiger partial charge in [-0.1, -0.05) is 115 Å². The zero-order valence-corrected chi connectivity index (χ0v) is 36.2. The van der Waals surface area contributed by atoms with Crippen LogP contribution >= 0.6 is 0 Å². The first-order valence-electron chi connectivity index (χ1n) is 22.0. The summed E-state index contributed by atoms with van der Waals surface area (Å²) in [5.74, 6) is 0. The van der Waals surface area contributed by atoms with E-state index >= 15 is 0 Å². The standard InChI is InChI=1S/C60H44N2O2/c1-37-39(3)58(62(43-21-10-6-11-22-43)44-23-12-7-13-24-44)40(4)38(2)56(37)41-31-33-50-52(35-41)46-25-14-15-27-48(46)57-51-34-32-45(36-55(51)64-60(50)57)61(42-19-8-5-9-20-42)53-29-18-28-49-47-26-16-17-30-54(47)63-59(49)53/h5-36H,1-4H3. The van der Waals surface area contributed by atoms with E-state index in [1.54, 1.807) is 0 Å². The van der Waals surface area contributed by atoms with E-state index in [9.17, 15) is 0 Å². The average Bonchev–Trinajstić information content (AvgIpc) is 3.93. The molecule has 10 aromatic carbocycles. The third kappa shape index (κ3) is 5.76. The van der Waals surface area contributed by atoms with E-state index in [1.807, 2.05) is 12.1 Å². The van der Waals surface area contributed by atoms with Crippen molar-refractivity contribution < 1.29 is 8.83 Å². The Kier molecular flexibility index (Phi) is 8.70. The first kappa shape index (κ1) is 37.7. The zero-order chi connectivity index (χ0) is 43.1. The van der Waals surface area contributed by atoms with E-state index in [0.29, 0.717) is 0 Å². The minimum Gasteiger partial charge on any atom is -0.455 e. The van der Waals surface area contributed by atoms with Crippen molar-refractivity contribution in [2.45, 2.75) is 27.7 Å². The summed E-state index contributed by atoms with van der Waals surface area (Å²) in [5, 5.41) is 9.08. The van der Waals surface area contributed by atoms with Crippen LogP contribution in [0.3, 0.4) is 0 Å². The zero-order valence-electron chi connectivity index (χ0n) is 36.2. The van der Waals surface area contributed by atoms with Crippen LogP contribution in [0.4, 0.5) is 34.1 Å².